The molecule has 2 amide bonds. The Bertz CT molecular complexity index is 1080. The zero-order valence-electron chi connectivity index (χ0n) is 12.7. The summed E-state index contributed by atoms with van der Waals surface area (Å²) in [5.74, 6) is -0.598. The van der Waals surface area contributed by atoms with E-state index in [2.05, 4.69) is 15.3 Å². The zero-order chi connectivity index (χ0) is 17.0. The van der Waals surface area contributed by atoms with Gasteiger partial charge in [0.25, 0.3) is 11.8 Å². The summed E-state index contributed by atoms with van der Waals surface area (Å²) < 4.78 is 1.61. The standard InChI is InChI=1S/C17H9N5O2S/c23-15-12-3-1-2-4-13(12)16(24)22(15)11-7-5-10(6-8-11)14-20-21-9-18-19-17(21)25-14/h1-9H. The second-order valence-electron chi connectivity index (χ2n) is 5.50. The van der Waals surface area contributed by atoms with Crippen molar-refractivity contribution in [1.29, 1.82) is 0 Å². The molecule has 0 radical (unpaired) electrons. The lowest BCUT2D eigenvalue weighted by Gasteiger charge is -2.14. The Kier molecular flexibility index (Phi) is 2.83. The van der Waals surface area contributed by atoms with E-state index < -0.39 is 0 Å². The van der Waals surface area contributed by atoms with Gasteiger partial charge in [-0.25, -0.2) is 4.90 Å². The Labute approximate surface area is 145 Å². The number of aromatic nitrogens is 4. The van der Waals surface area contributed by atoms with E-state index in [1.807, 2.05) is 12.1 Å². The second-order valence-corrected chi connectivity index (χ2v) is 6.46. The average molecular weight is 347 g/mol. The highest BCUT2D eigenvalue weighted by atomic mass is 32.1. The summed E-state index contributed by atoms with van der Waals surface area (Å²) >= 11 is 1.42. The molecule has 0 saturated heterocycles. The summed E-state index contributed by atoms with van der Waals surface area (Å²) in [5, 5.41) is 12.9. The normalized spacial score (nSPS) is 13.7. The molecule has 0 aliphatic carbocycles. The maximum Gasteiger partial charge on any atom is 0.266 e. The minimum Gasteiger partial charge on any atom is -0.268 e. The van der Waals surface area contributed by atoms with Crippen LogP contribution in [0.1, 0.15) is 20.7 Å². The minimum absolute atomic E-state index is 0.299. The smallest absolute Gasteiger partial charge is 0.266 e. The van der Waals surface area contributed by atoms with Crippen LogP contribution in [0.5, 0.6) is 0 Å². The number of hydrogen-bond acceptors (Lipinski definition) is 6. The van der Waals surface area contributed by atoms with Crippen LogP contribution < -0.4 is 4.90 Å². The first-order valence-corrected chi connectivity index (χ1v) is 8.29. The van der Waals surface area contributed by atoms with Gasteiger partial charge in [-0.3, -0.25) is 9.59 Å². The fraction of sp³-hybridized carbons (Fsp3) is 0. The van der Waals surface area contributed by atoms with Crippen molar-refractivity contribution in [3.05, 3.63) is 66.0 Å². The quantitative estimate of drug-likeness (QED) is 0.521. The van der Waals surface area contributed by atoms with Crippen LogP contribution >= 0.6 is 11.3 Å². The molecule has 2 aromatic heterocycles. The zero-order valence-corrected chi connectivity index (χ0v) is 13.5. The first-order valence-electron chi connectivity index (χ1n) is 7.47. The van der Waals surface area contributed by atoms with Gasteiger partial charge in [0.2, 0.25) is 4.96 Å². The van der Waals surface area contributed by atoms with Gasteiger partial charge in [0.05, 0.1) is 16.8 Å². The maximum atomic E-state index is 12.5. The Morgan fingerprint density at radius 2 is 1.56 bits per heavy atom. The average Bonchev–Trinajstić information content (AvgIpc) is 3.30. The van der Waals surface area contributed by atoms with Gasteiger partial charge >= 0.3 is 0 Å². The van der Waals surface area contributed by atoms with Crippen molar-refractivity contribution >= 4 is 33.8 Å². The van der Waals surface area contributed by atoms with Crippen LogP contribution in [0.3, 0.4) is 0 Å². The molecule has 0 spiro atoms. The molecule has 5 rings (SSSR count). The lowest BCUT2D eigenvalue weighted by atomic mass is 10.1. The van der Waals surface area contributed by atoms with Crippen molar-refractivity contribution in [3.8, 4) is 10.6 Å². The third kappa shape index (κ3) is 2.01. The van der Waals surface area contributed by atoms with Gasteiger partial charge in [-0.2, -0.15) is 9.61 Å². The minimum atomic E-state index is -0.299. The van der Waals surface area contributed by atoms with E-state index in [-0.39, 0.29) is 11.8 Å². The van der Waals surface area contributed by atoms with Crippen LogP contribution in [0.25, 0.3) is 15.5 Å². The number of nitrogens with zero attached hydrogens (tertiary/aromatic N) is 5. The van der Waals surface area contributed by atoms with Gasteiger partial charge in [-0.15, -0.1) is 10.2 Å². The molecule has 120 valence electrons. The highest BCUT2D eigenvalue weighted by Crippen LogP contribution is 2.31. The van der Waals surface area contributed by atoms with Crippen molar-refractivity contribution in [2.75, 3.05) is 4.90 Å². The van der Waals surface area contributed by atoms with E-state index in [9.17, 15) is 9.59 Å². The first-order chi connectivity index (χ1) is 12.2. The van der Waals surface area contributed by atoms with Crippen molar-refractivity contribution in [3.63, 3.8) is 0 Å². The summed E-state index contributed by atoms with van der Waals surface area (Å²) in [6, 6.07) is 14.0. The molecule has 0 atom stereocenters. The Balaban J connectivity index is 1.51. The number of carbonyl (C=O) groups excluding carboxylic acids is 2. The number of anilines is 1. The van der Waals surface area contributed by atoms with Gasteiger partial charge in [0, 0.05) is 5.56 Å². The van der Waals surface area contributed by atoms with Gasteiger partial charge < -0.3 is 0 Å². The summed E-state index contributed by atoms with van der Waals surface area (Å²) in [6.45, 7) is 0. The summed E-state index contributed by atoms with van der Waals surface area (Å²) in [5.41, 5.74) is 2.30. The predicted octanol–water partition coefficient (Wildman–Crippen LogP) is 2.65. The maximum absolute atomic E-state index is 12.5. The molecule has 0 saturated carbocycles. The largest absolute Gasteiger partial charge is 0.268 e. The number of fused-ring (bicyclic) bond motifs is 2. The Hall–Kier alpha value is -3.39. The number of hydrogen-bond donors (Lipinski definition) is 0. The van der Waals surface area contributed by atoms with Gasteiger partial charge in [-0.1, -0.05) is 23.5 Å². The van der Waals surface area contributed by atoms with Crippen molar-refractivity contribution < 1.29 is 9.59 Å². The third-order valence-electron chi connectivity index (χ3n) is 4.05. The SMILES string of the molecule is O=C1c2ccccc2C(=O)N1c1ccc(-c2nn3cnnc3s2)cc1. The highest BCUT2D eigenvalue weighted by molar-refractivity contribution is 7.19. The summed E-state index contributed by atoms with van der Waals surface area (Å²) in [4.78, 5) is 27.0. The van der Waals surface area contributed by atoms with Crippen LogP contribution in [0.4, 0.5) is 5.69 Å². The van der Waals surface area contributed by atoms with Gasteiger partial charge in [0.15, 0.2) is 0 Å². The number of benzene rings is 2. The van der Waals surface area contributed by atoms with E-state index in [4.69, 9.17) is 0 Å². The molecule has 1 aliphatic heterocycles. The van der Waals surface area contributed by atoms with Crippen LogP contribution in [-0.2, 0) is 0 Å². The van der Waals surface area contributed by atoms with Crippen molar-refractivity contribution in [2.45, 2.75) is 0 Å². The number of amides is 2. The van der Waals surface area contributed by atoms with Crippen LogP contribution in [-0.4, -0.2) is 31.6 Å². The molecular weight excluding hydrogens is 338 g/mol. The molecule has 3 heterocycles. The topological polar surface area (TPSA) is 80.5 Å². The number of rotatable bonds is 2. The first kappa shape index (κ1) is 14.0. The number of imide groups is 1. The van der Waals surface area contributed by atoms with Crippen molar-refractivity contribution in [2.24, 2.45) is 0 Å². The van der Waals surface area contributed by atoms with E-state index in [1.165, 1.54) is 16.2 Å². The highest BCUT2D eigenvalue weighted by Gasteiger charge is 2.36. The van der Waals surface area contributed by atoms with E-state index in [0.717, 1.165) is 10.6 Å². The van der Waals surface area contributed by atoms with Crippen LogP contribution in [0.15, 0.2) is 54.9 Å². The molecule has 0 bridgehead atoms. The molecule has 0 fully saturated rings. The second kappa shape index (κ2) is 5.05. The van der Waals surface area contributed by atoms with E-state index >= 15 is 0 Å². The molecule has 25 heavy (non-hydrogen) atoms. The lowest BCUT2D eigenvalue weighted by Crippen LogP contribution is -2.29. The molecule has 1 aliphatic rings. The third-order valence-corrected chi connectivity index (χ3v) is 5.02. The van der Waals surface area contributed by atoms with E-state index in [1.54, 1.807) is 47.2 Å². The van der Waals surface area contributed by atoms with E-state index in [0.29, 0.717) is 21.8 Å². The molecular formula is C17H9N5O2S. The molecule has 2 aromatic carbocycles. The van der Waals surface area contributed by atoms with Gasteiger partial charge in [-0.05, 0) is 36.4 Å². The fourth-order valence-corrected chi connectivity index (χ4v) is 3.68. The Morgan fingerprint density at radius 3 is 2.20 bits per heavy atom. The lowest BCUT2D eigenvalue weighted by molar-refractivity contribution is 0.0926. The molecule has 0 unspecified atom stereocenters. The number of carbonyl (C=O) groups is 2. The molecule has 0 N–H and O–H groups in total. The fourth-order valence-electron chi connectivity index (χ4n) is 2.85. The summed E-state index contributed by atoms with van der Waals surface area (Å²) in [6.07, 6.45) is 1.54. The molecule has 4 aromatic rings. The van der Waals surface area contributed by atoms with Crippen LogP contribution in [0, 0.1) is 0 Å². The molecule has 8 heteroatoms. The van der Waals surface area contributed by atoms with Crippen LogP contribution in [0.2, 0.25) is 0 Å². The van der Waals surface area contributed by atoms with Crippen molar-refractivity contribution in [1.82, 2.24) is 19.8 Å². The summed E-state index contributed by atoms with van der Waals surface area (Å²) in [7, 11) is 0. The Morgan fingerprint density at radius 1 is 0.880 bits per heavy atom. The molecule has 7 nitrogen and oxygen atoms in total. The predicted molar refractivity (Wildman–Crippen MR) is 91.7 cm³/mol. The monoisotopic (exact) mass is 347 g/mol. The van der Waals surface area contributed by atoms with Gasteiger partial charge in [0.1, 0.15) is 11.3 Å².